The second-order valence-electron chi connectivity index (χ2n) is 10.3. The third-order valence-electron chi connectivity index (χ3n) is 7.46. The van der Waals surface area contributed by atoms with Gasteiger partial charge in [0.25, 0.3) is 0 Å². The van der Waals surface area contributed by atoms with Crippen molar-refractivity contribution in [2.45, 2.75) is 45.2 Å². The summed E-state index contributed by atoms with van der Waals surface area (Å²) >= 11 is 0. The Hall–Kier alpha value is -4.73. The van der Waals surface area contributed by atoms with Crippen molar-refractivity contribution in [2.24, 2.45) is 0 Å². The molecule has 0 heterocycles. The number of rotatable bonds is 12. The number of hydrogen-bond acceptors (Lipinski definition) is 8. The Kier molecular flexibility index (Phi) is 10.5. The predicted molar refractivity (Wildman–Crippen MR) is 165 cm³/mol. The van der Waals surface area contributed by atoms with Gasteiger partial charge in [0.1, 0.15) is 5.75 Å². The molecule has 3 aromatic carbocycles. The fourth-order valence-corrected chi connectivity index (χ4v) is 5.36. The number of methoxy groups -OCH3 is 4. The van der Waals surface area contributed by atoms with Crippen molar-refractivity contribution < 1.29 is 28.5 Å². The molecule has 0 spiro atoms. The summed E-state index contributed by atoms with van der Waals surface area (Å²) in [7, 11) is 6.29. The topological polar surface area (TPSA) is 124 Å². The van der Waals surface area contributed by atoms with E-state index in [1.54, 1.807) is 40.6 Å². The molecule has 1 aliphatic carbocycles. The molecule has 1 atom stereocenters. The molecule has 1 aliphatic rings. The smallest absolute Gasteiger partial charge is 0.220 e. The lowest BCUT2D eigenvalue weighted by Gasteiger charge is -2.19. The molecular weight excluding hydrogens is 550 g/mol. The Morgan fingerprint density at radius 1 is 0.907 bits per heavy atom. The number of amides is 2. The van der Waals surface area contributed by atoms with Crippen LogP contribution >= 0.6 is 0 Å². The molecular formula is C33H39N3O7. The van der Waals surface area contributed by atoms with Crippen molar-refractivity contribution in [1.29, 1.82) is 0 Å². The summed E-state index contributed by atoms with van der Waals surface area (Å²) < 4.78 is 22.2. The molecule has 0 radical (unpaired) electrons. The predicted octanol–water partition coefficient (Wildman–Crippen LogP) is 4.38. The lowest BCUT2D eigenvalue weighted by atomic mass is 9.95. The van der Waals surface area contributed by atoms with Crippen LogP contribution in [0.1, 0.15) is 48.9 Å². The maximum atomic E-state index is 13.4. The van der Waals surface area contributed by atoms with Crippen LogP contribution in [0.15, 0.2) is 53.3 Å². The van der Waals surface area contributed by atoms with E-state index in [4.69, 9.17) is 18.9 Å². The minimum atomic E-state index is -0.385. The third-order valence-corrected chi connectivity index (χ3v) is 7.46. The highest BCUT2D eigenvalue weighted by atomic mass is 16.5. The first-order valence-electron chi connectivity index (χ1n) is 14.2. The molecule has 4 rings (SSSR count). The normalized spacial score (nSPS) is 13.5. The monoisotopic (exact) mass is 589 g/mol. The molecule has 0 saturated heterocycles. The van der Waals surface area contributed by atoms with E-state index in [1.165, 1.54) is 6.92 Å². The van der Waals surface area contributed by atoms with Gasteiger partial charge >= 0.3 is 0 Å². The number of carbonyl (C=O) groups is 2. The van der Waals surface area contributed by atoms with Gasteiger partial charge in [-0.3, -0.25) is 14.4 Å². The maximum Gasteiger partial charge on any atom is 0.220 e. The fraction of sp³-hybridized carbons (Fsp3) is 0.364. The largest absolute Gasteiger partial charge is 0.497 e. The van der Waals surface area contributed by atoms with Gasteiger partial charge in [0.05, 0.1) is 40.2 Å². The highest BCUT2D eigenvalue weighted by molar-refractivity contribution is 5.84. The van der Waals surface area contributed by atoms with E-state index in [0.29, 0.717) is 67.3 Å². The molecule has 0 aromatic heterocycles. The van der Waals surface area contributed by atoms with Crippen LogP contribution in [0.4, 0.5) is 5.69 Å². The number of anilines is 1. The average Bonchev–Trinajstić information content (AvgIpc) is 3.25. The number of nitrogens with one attached hydrogen (secondary N) is 3. The van der Waals surface area contributed by atoms with Crippen molar-refractivity contribution in [3.05, 3.63) is 75.4 Å². The zero-order chi connectivity index (χ0) is 30.9. The van der Waals surface area contributed by atoms with Crippen molar-refractivity contribution in [2.75, 3.05) is 40.3 Å². The van der Waals surface area contributed by atoms with E-state index in [0.717, 1.165) is 28.0 Å². The molecule has 10 heteroatoms. The number of aryl methyl sites for hydroxylation is 1. The van der Waals surface area contributed by atoms with Gasteiger partial charge in [-0.15, -0.1) is 0 Å². The Morgan fingerprint density at radius 3 is 2.30 bits per heavy atom. The van der Waals surface area contributed by atoms with Crippen LogP contribution < -0.4 is 40.3 Å². The van der Waals surface area contributed by atoms with E-state index < -0.39 is 0 Å². The Morgan fingerprint density at radius 2 is 1.65 bits per heavy atom. The van der Waals surface area contributed by atoms with E-state index in [2.05, 4.69) is 16.0 Å². The van der Waals surface area contributed by atoms with E-state index in [-0.39, 0.29) is 23.3 Å². The lowest BCUT2D eigenvalue weighted by molar-refractivity contribution is -0.121. The minimum Gasteiger partial charge on any atom is -0.497 e. The zero-order valence-electron chi connectivity index (χ0n) is 25.3. The van der Waals surface area contributed by atoms with Crippen LogP contribution in [0.5, 0.6) is 23.0 Å². The van der Waals surface area contributed by atoms with Gasteiger partial charge in [-0.1, -0.05) is 18.2 Å². The zero-order valence-corrected chi connectivity index (χ0v) is 25.3. The lowest BCUT2D eigenvalue weighted by Crippen LogP contribution is -2.26. The van der Waals surface area contributed by atoms with Crippen LogP contribution in [0, 0.1) is 0 Å². The van der Waals surface area contributed by atoms with Crippen molar-refractivity contribution in [3.63, 3.8) is 0 Å². The van der Waals surface area contributed by atoms with Gasteiger partial charge in [0.15, 0.2) is 11.5 Å². The summed E-state index contributed by atoms with van der Waals surface area (Å²) in [6.07, 6.45) is 2.04. The van der Waals surface area contributed by atoms with Crippen LogP contribution in [0.25, 0.3) is 11.1 Å². The molecule has 43 heavy (non-hydrogen) atoms. The second-order valence-corrected chi connectivity index (χ2v) is 10.3. The Balaban J connectivity index is 1.55. The van der Waals surface area contributed by atoms with Gasteiger partial charge < -0.3 is 34.9 Å². The average molecular weight is 590 g/mol. The molecule has 2 amide bonds. The van der Waals surface area contributed by atoms with Gasteiger partial charge in [-0.2, -0.15) is 0 Å². The summed E-state index contributed by atoms with van der Waals surface area (Å²) in [4.78, 5) is 37.9. The summed E-state index contributed by atoms with van der Waals surface area (Å²) in [5.74, 6) is 1.99. The first kappa shape index (κ1) is 31.2. The highest BCUT2D eigenvalue weighted by Crippen LogP contribution is 2.50. The molecule has 0 saturated carbocycles. The summed E-state index contributed by atoms with van der Waals surface area (Å²) in [6, 6.07) is 14.2. The van der Waals surface area contributed by atoms with Crippen molar-refractivity contribution >= 4 is 17.5 Å². The molecule has 3 aromatic rings. The highest BCUT2D eigenvalue weighted by Gasteiger charge is 2.29. The summed E-state index contributed by atoms with van der Waals surface area (Å²) in [5.41, 5.74) is 4.35. The first-order chi connectivity index (χ1) is 20.8. The molecule has 0 aliphatic heterocycles. The van der Waals surface area contributed by atoms with Crippen LogP contribution in [0.2, 0.25) is 0 Å². The number of carbonyl (C=O) groups excluding carboxylic acids is 2. The molecule has 0 unspecified atom stereocenters. The Bertz CT molecular complexity index is 1520. The van der Waals surface area contributed by atoms with Crippen molar-refractivity contribution in [1.82, 2.24) is 10.6 Å². The SMILES string of the molecule is COc1ccc(CNC(=O)CCCNc2ccc3c(cc2=O)[C@@H](NC(C)=O)CCc2cc(OC)c(OC)c(OC)c2-3)cc1. The molecule has 0 fully saturated rings. The molecule has 228 valence electrons. The van der Waals surface area contributed by atoms with E-state index in [9.17, 15) is 14.4 Å². The Labute approximate surface area is 251 Å². The number of fused-ring (bicyclic) bond motifs is 3. The second kappa shape index (κ2) is 14.4. The van der Waals surface area contributed by atoms with Gasteiger partial charge in [0, 0.05) is 32.0 Å². The number of benzene rings is 2. The molecule has 10 nitrogen and oxygen atoms in total. The first-order valence-corrected chi connectivity index (χ1v) is 14.2. The number of hydrogen-bond donors (Lipinski definition) is 3. The third kappa shape index (κ3) is 7.38. The quantitative estimate of drug-likeness (QED) is 0.266. The van der Waals surface area contributed by atoms with Gasteiger partial charge in [-0.05, 0) is 71.8 Å². The van der Waals surface area contributed by atoms with E-state index in [1.807, 2.05) is 36.4 Å². The van der Waals surface area contributed by atoms with E-state index >= 15 is 0 Å². The van der Waals surface area contributed by atoms with Gasteiger partial charge in [-0.25, -0.2) is 0 Å². The van der Waals surface area contributed by atoms with Crippen LogP contribution in [-0.4, -0.2) is 46.8 Å². The van der Waals surface area contributed by atoms with Crippen LogP contribution in [0.3, 0.4) is 0 Å². The summed E-state index contributed by atoms with van der Waals surface area (Å²) in [6.45, 7) is 2.32. The maximum absolute atomic E-state index is 13.4. The molecule has 3 N–H and O–H groups in total. The molecule has 0 bridgehead atoms. The summed E-state index contributed by atoms with van der Waals surface area (Å²) in [5, 5.41) is 9.12. The standard InChI is InChI=1S/C33H39N3O7/c1-20(37)36-26-14-10-22-17-29(41-3)32(42-4)33(43-5)31(22)24-13-15-27(28(38)18-25(24)26)34-16-6-7-30(39)35-19-21-8-11-23(40-2)12-9-21/h8-9,11-13,15,17-18,26H,6-7,10,14,16,19H2,1-5H3,(H,34,38)(H,35,39)(H,36,37)/t26-/m0/s1. The van der Waals surface area contributed by atoms with Crippen molar-refractivity contribution in [3.8, 4) is 34.1 Å². The van der Waals surface area contributed by atoms with Crippen LogP contribution in [-0.2, 0) is 22.6 Å². The van der Waals surface area contributed by atoms with Gasteiger partial charge in [0.2, 0.25) is 23.0 Å². The fourth-order valence-electron chi connectivity index (χ4n) is 5.36. The number of ether oxygens (including phenoxy) is 4. The minimum absolute atomic E-state index is 0.0727.